The lowest BCUT2D eigenvalue weighted by Crippen LogP contribution is -2.52. The molecule has 5 rings (SSSR count). The number of piperidine rings is 1. The van der Waals surface area contributed by atoms with E-state index in [1.807, 2.05) is 12.1 Å². The number of furan rings is 1. The number of amides is 3. The fraction of sp³-hybridized carbons (Fsp3) is 0.421. The highest BCUT2D eigenvalue weighted by Gasteiger charge is 2.42. The molecule has 28 heavy (non-hydrogen) atoms. The molecule has 2 saturated heterocycles. The van der Waals surface area contributed by atoms with Crippen LogP contribution in [0.3, 0.4) is 0 Å². The van der Waals surface area contributed by atoms with Gasteiger partial charge in [-0.15, -0.1) is 12.4 Å². The van der Waals surface area contributed by atoms with Crippen LogP contribution in [0.5, 0.6) is 0 Å². The van der Waals surface area contributed by atoms with Crippen molar-refractivity contribution in [2.75, 3.05) is 31.1 Å². The number of fused-ring (bicyclic) bond motifs is 3. The highest BCUT2D eigenvalue weighted by atomic mass is 35.5. The highest BCUT2D eigenvalue weighted by molar-refractivity contribution is 6.07. The number of anilines is 1. The third-order valence-corrected chi connectivity index (χ3v) is 5.63. The summed E-state index contributed by atoms with van der Waals surface area (Å²) in [6, 6.07) is 5.43. The first-order chi connectivity index (χ1) is 13.1. The summed E-state index contributed by atoms with van der Waals surface area (Å²) in [5, 5.41) is 6.56. The Bertz CT molecular complexity index is 966. The van der Waals surface area contributed by atoms with Crippen molar-refractivity contribution in [3.63, 3.8) is 0 Å². The number of nitrogens with one attached hydrogen (secondary N) is 2. The Hall–Kier alpha value is -2.58. The minimum atomic E-state index is -0.618. The van der Waals surface area contributed by atoms with Gasteiger partial charge in [-0.25, -0.2) is 0 Å². The zero-order valence-electron chi connectivity index (χ0n) is 15.2. The van der Waals surface area contributed by atoms with Gasteiger partial charge in [-0.2, -0.15) is 0 Å². The lowest BCUT2D eigenvalue weighted by Gasteiger charge is -2.29. The molecule has 9 heteroatoms. The molecule has 2 fully saturated rings. The van der Waals surface area contributed by atoms with Crippen LogP contribution in [0.2, 0.25) is 0 Å². The molecule has 0 saturated carbocycles. The van der Waals surface area contributed by atoms with E-state index in [1.165, 1.54) is 4.90 Å². The van der Waals surface area contributed by atoms with Crippen LogP contribution in [0.1, 0.15) is 29.0 Å². The third-order valence-electron chi connectivity index (χ3n) is 5.63. The molecule has 3 aliphatic heterocycles. The van der Waals surface area contributed by atoms with Crippen LogP contribution in [0.4, 0.5) is 5.69 Å². The van der Waals surface area contributed by atoms with Crippen LogP contribution in [0.25, 0.3) is 11.0 Å². The quantitative estimate of drug-likeness (QED) is 0.726. The van der Waals surface area contributed by atoms with E-state index >= 15 is 0 Å². The Balaban J connectivity index is 0.00000192. The molecule has 0 radical (unpaired) electrons. The number of hydrogen-bond acceptors (Lipinski definition) is 6. The molecule has 148 valence electrons. The van der Waals surface area contributed by atoms with Gasteiger partial charge in [0.05, 0.1) is 6.54 Å². The molecule has 1 unspecified atom stereocenters. The largest absolute Gasteiger partial charge is 0.450 e. The topological polar surface area (TPSA) is 94.9 Å². The van der Waals surface area contributed by atoms with Crippen molar-refractivity contribution < 1.29 is 18.8 Å². The molecule has 1 atom stereocenters. The van der Waals surface area contributed by atoms with Gasteiger partial charge in [-0.3, -0.25) is 19.7 Å². The second-order valence-electron chi connectivity index (χ2n) is 7.23. The summed E-state index contributed by atoms with van der Waals surface area (Å²) >= 11 is 0. The molecular formula is C19H21ClN4O4. The monoisotopic (exact) mass is 404 g/mol. The first-order valence-electron chi connectivity index (χ1n) is 9.27. The second-order valence-corrected chi connectivity index (χ2v) is 7.23. The van der Waals surface area contributed by atoms with Crippen molar-refractivity contribution in [3.05, 3.63) is 29.5 Å². The van der Waals surface area contributed by atoms with E-state index < -0.39 is 11.9 Å². The summed E-state index contributed by atoms with van der Waals surface area (Å²) in [4.78, 5) is 40.1. The van der Waals surface area contributed by atoms with Gasteiger partial charge in [0.15, 0.2) is 5.76 Å². The predicted molar refractivity (Wildman–Crippen MR) is 105 cm³/mol. The number of halogens is 1. The summed E-state index contributed by atoms with van der Waals surface area (Å²) in [7, 11) is 0. The molecule has 0 spiro atoms. The molecule has 1 aromatic carbocycles. The molecule has 1 aromatic heterocycles. The van der Waals surface area contributed by atoms with Crippen LogP contribution in [0, 0.1) is 0 Å². The zero-order valence-corrected chi connectivity index (χ0v) is 16.0. The maximum atomic E-state index is 12.8. The number of rotatable bonds is 2. The van der Waals surface area contributed by atoms with Crippen LogP contribution < -0.4 is 15.5 Å². The first-order valence-corrected chi connectivity index (χ1v) is 9.27. The predicted octanol–water partition coefficient (Wildman–Crippen LogP) is 1.03. The molecule has 0 aliphatic carbocycles. The Morgan fingerprint density at radius 3 is 2.64 bits per heavy atom. The van der Waals surface area contributed by atoms with Crippen molar-refractivity contribution in [2.45, 2.75) is 25.4 Å². The number of carbonyl (C=O) groups is 3. The lowest BCUT2D eigenvalue weighted by atomic mass is 10.0. The van der Waals surface area contributed by atoms with Gasteiger partial charge >= 0.3 is 0 Å². The van der Waals surface area contributed by atoms with Gasteiger partial charge in [0, 0.05) is 55.3 Å². The van der Waals surface area contributed by atoms with Crippen LogP contribution >= 0.6 is 12.4 Å². The number of piperazine rings is 1. The molecule has 3 amide bonds. The minimum Gasteiger partial charge on any atom is -0.450 e. The summed E-state index contributed by atoms with van der Waals surface area (Å²) in [6.07, 6.45) is 0.599. The van der Waals surface area contributed by atoms with Crippen molar-refractivity contribution in [1.82, 2.24) is 15.5 Å². The van der Waals surface area contributed by atoms with Gasteiger partial charge in [-0.05, 0) is 18.6 Å². The summed E-state index contributed by atoms with van der Waals surface area (Å²) in [5.74, 6) is -0.660. The summed E-state index contributed by atoms with van der Waals surface area (Å²) in [6.45, 7) is 4.11. The Kier molecular flexibility index (Phi) is 4.76. The van der Waals surface area contributed by atoms with E-state index in [4.69, 9.17) is 4.42 Å². The lowest BCUT2D eigenvalue weighted by molar-refractivity contribution is -0.136. The van der Waals surface area contributed by atoms with E-state index in [2.05, 4.69) is 21.6 Å². The average Bonchev–Trinajstić information content (AvgIpc) is 3.19. The fourth-order valence-corrected chi connectivity index (χ4v) is 4.19. The zero-order chi connectivity index (χ0) is 18.5. The van der Waals surface area contributed by atoms with Gasteiger partial charge in [0.1, 0.15) is 11.6 Å². The number of benzene rings is 1. The SMILES string of the molecule is Cl.O=C1CCC(N2Cc3c(oc4cc(N5CCNCC5)ccc34)C2=O)C(=O)N1. The number of imide groups is 1. The van der Waals surface area contributed by atoms with Crippen molar-refractivity contribution in [1.29, 1.82) is 0 Å². The highest BCUT2D eigenvalue weighted by Crippen LogP contribution is 2.36. The normalized spacial score (nSPS) is 22.3. The van der Waals surface area contributed by atoms with Crippen LogP contribution in [0.15, 0.2) is 22.6 Å². The molecule has 0 bridgehead atoms. The number of hydrogen-bond donors (Lipinski definition) is 2. The van der Waals surface area contributed by atoms with Gasteiger partial charge in [0.25, 0.3) is 5.91 Å². The molecule has 8 nitrogen and oxygen atoms in total. The Labute approximate surface area is 167 Å². The van der Waals surface area contributed by atoms with E-state index in [1.54, 1.807) is 0 Å². The van der Waals surface area contributed by atoms with Crippen molar-refractivity contribution in [3.8, 4) is 0 Å². The summed E-state index contributed by atoms with van der Waals surface area (Å²) in [5.41, 5.74) is 2.62. The maximum Gasteiger partial charge on any atom is 0.290 e. The molecule has 4 heterocycles. The first kappa shape index (κ1) is 18.8. The second kappa shape index (κ2) is 7.10. The van der Waals surface area contributed by atoms with Gasteiger partial charge in [0.2, 0.25) is 11.8 Å². The number of nitrogens with zero attached hydrogens (tertiary/aromatic N) is 2. The molecule has 2 N–H and O–H groups in total. The third kappa shape index (κ3) is 2.93. The van der Waals surface area contributed by atoms with E-state index in [0.29, 0.717) is 24.3 Å². The molecular weight excluding hydrogens is 384 g/mol. The fourth-order valence-electron chi connectivity index (χ4n) is 4.19. The van der Waals surface area contributed by atoms with E-state index in [0.717, 1.165) is 42.8 Å². The number of carbonyl (C=O) groups excluding carboxylic acids is 3. The van der Waals surface area contributed by atoms with Crippen LogP contribution in [-0.4, -0.2) is 54.8 Å². The Morgan fingerprint density at radius 1 is 1.11 bits per heavy atom. The Morgan fingerprint density at radius 2 is 1.89 bits per heavy atom. The minimum absolute atomic E-state index is 0. The standard InChI is InChI=1S/C19H20N4O4.ClH/c24-16-4-3-14(18(25)21-16)23-10-13-12-2-1-11(22-7-5-20-6-8-22)9-15(12)27-17(13)19(23)26;/h1-2,9,14,20H,3-8,10H2,(H,21,24,25);1H. The average molecular weight is 405 g/mol. The van der Waals surface area contributed by atoms with Gasteiger partial charge < -0.3 is 19.5 Å². The van der Waals surface area contributed by atoms with E-state index in [9.17, 15) is 14.4 Å². The van der Waals surface area contributed by atoms with Crippen LogP contribution in [-0.2, 0) is 16.1 Å². The van der Waals surface area contributed by atoms with E-state index in [-0.39, 0.29) is 30.6 Å². The maximum absolute atomic E-state index is 12.8. The van der Waals surface area contributed by atoms with Gasteiger partial charge in [-0.1, -0.05) is 0 Å². The van der Waals surface area contributed by atoms with Crippen molar-refractivity contribution >= 4 is 46.8 Å². The molecule has 3 aliphatic rings. The molecule has 2 aromatic rings. The summed E-state index contributed by atoms with van der Waals surface area (Å²) < 4.78 is 5.90. The van der Waals surface area contributed by atoms with Crippen molar-refractivity contribution in [2.24, 2.45) is 0 Å². The smallest absolute Gasteiger partial charge is 0.290 e.